The van der Waals surface area contributed by atoms with Crippen LogP contribution in [0.3, 0.4) is 0 Å². The van der Waals surface area contributed by atoms with Crippen LogP contribution in [0, 0.1) is 0 Å². The van der Waals surface area contributed by atoms with Crippen LogP contribution in [0.1, 0.15) is 37.8 Å². The van der Waals surface area contributed by atoms with Crippen molar-refractivity contribution in [2.45, 2.75) is 33.3 Å². The Hall–Kier alpha value is -3.63. The van der Waals surface area contributed by atoms with Gasteiger partial charge in [0.05, 0.1) is 23.4 Å². The normalized spacial score (nSPS) is 14.3. The number of amides is 4. The molecule has 1 aliphatic heterocycles. The molecule has 1 heterocycles. The van der Waals surface area contributed by atoms with E-state index in [9.17, 15) is 14.4 Å². The summed E-state index contributed by atoms with van der Waals surface area (Å²) in [4.78, 5) is 39.6. The summed E-state index contributed by atoms with van der Waals surface area (Å²) in [5, 5.41) is 2.25. The zero-order valence-electron chi connectivity index (χ0n) is 22.0. The van der Waals surface area contributed by atoms with E-state index in [0.717, 1.165) is 27.8 Å². The Bertz CT molecular complexity index is 1440. The minimum Gasteiger partial charge on any atom is -0.494 e. The van der Waals surface area contributed by atoms with Crippen molar-refractivity contribution in [3.8, 4) is 17.2 Å². The molecule has 10 heteroatoms. The Kier molecular flexibility index (Phi) is 10.0. The maximum absolute atomic E-state index is 13.4. The summed E-state index contributed by atoms with van der Waals surface area (Å²) in [5.41, 5.74) is 1.59. The van der Waals surface area contributed by atoms with E-state index in [1.807, 2.05) is 31.2 Å². The summed E-state index contributed by atoms with van der Waals surface area (Å²) in [7, 11) is 0. The second-order valence-electron chi connectivity index (χ2n) is 8.80. The summed E-state index contributed by atoms with van der Waals surface area (Å²) in [6.07, 6.45) is 3.35. The van der Waals surface area contributed by atoms with Crippen molar-refractivity contribution in [3.05, 3.63) is 86.3 Å². The van der Waals surface area contributed by atoms with E-state index in [4.69, 9.17) is 14.2 Å². The minimum atomic E-state index is -0.821. The van der Waals surface area contributed by atoms with E-state index < -0.39 is 17.8 Å². The number of anilines is 1. The lowest BCUT2D eigenvalue weighted by Crippen LogP contribution is -2.54. The number of halogens is 2. The fourth-order valence-corrected chi connectivity index (χ4v) is 4.90. The first-order valence-corrected chi connectivity index (χ1v) is 14.4. The lowest BCUT2D eigenvalue weighted by molar-refractivity contribution is -0.122. The van der Waals surface area contributed by atoms with Gasteiger partial charge < -0.3 is 14.2 Å². The van der Waals surface area contributed by atoms with Crippen LogP contribution >= 0.6 is 31.9 Å². The molecule has 1 aliphatic rings. The highest BCUT2D eigenvalue weighted by molar-refractivity contribution is 9.10. The van der Waals surface area contributed by atoms with Gasteiger partial charge in [0.25, 0.3) is 11.8 Å². The quantitative estimate of drug-likeness (QED) is 0.134. The molecule has 0 aromatic heterocycles. The number of hydrogen-bond acceptors (Lipinski definition) is 6. The summed E-state index contributed by atoms with van der Waals surface area (Å²) in [6.45, 7) is 5.16. The molecule has 3 aromatic carbocycles. The van der Waals surface area contributed by atoms with Crippen LogP contribution in [0.4, 0.5) is 10.5 Å². The molecule has 0 saturated carbocycles. The zero-order chi connectivity index (χ0) is 28.6. The van der Waals surface area contributed by atoms with E-state index in [2.05, 4.69) is 44.1 Å². The highest BCUT2D eigenvalue weighted by atomic mass is 79.9. The molecule has 1 N–H and O–H groups in total. The molecule has 3 aromatic rings. The van der Waals surface area contributed by atoms with Crippen LogP contribution in [0.15, 0.2) is 75.2 Å². The van der Waals surface area contributed by atoms with Gasteiger partial charge in [-0.3, -0.25) is 14.9 Å². The number of rotatable bonds is 11. The molecule has 0 unspecified atom stereocenters. The second-order valence-corrected chi connectivity index (χ2v) is 10.5. The smallest absolute Gasteiger partial charge is 0.335 e. The van der Waals surface area contributed by atoms with Gasteiger partial charge in [-0.15, -0.1) is 0 Å². The molecule has 1 fully saturated rings. The first-order valence-electron chi connectivity index (χ1n) is 12.8. The van der Waals surface area contributed by atoms with E-state index in [0.29, 0.717) is 52.8 Å². The third-order valence-corrected chi connectivity index (χ3v) is 7.30. The molecule has 0 bridgehead atoms. The number of carbonyl (C=O) groups is 3. The van der Waals surface area contributed by atoms with Crippen LogP contribution in [-0.2, 0) is 16.2 Å². The zero-order valence-corrected chi connectivity index (χ0v) is 25.2. The number of hydrogen-bond donors (Lipinski definition) is 1. The fourth-order valence-electron chi connectivity index (χ4n) is 3.92. The summed E-state index contributed by atoms with van der Waals surface area (Å²) in [5.74, 6) is 0.0262. The maximum atomic E-state index is 13.4. The molecule has 0 spiro atoms. The SMILES string of the molecule is CCCCOc1ccc(N2C(=O)NC(=O)/C(=C/c3cc(Br)c(OCc4ccccc4Br)c(OCC)c3)C2=O)cc1. The Morgan fingerprint density at radius 3 is 2.35 bits per heavy atom. The van der Waals surface area contributed by atoms with Crippen LogP contribution in [0.25, 0.3) is 6.08 Å². The van der Waals surface area contributed by atoms with Gasteiger partial charge in [-0.25, -0.2) is 9.69 Å². The molecule has 208 valence electrons. The van der Waals surface area contributed by atoms with Crippen LogP contribution < -0.4 is 24.4 Å². The highest BCUT2D eigenvalue weighted by Crippen LogP contribution is 2.38. The van der Waals surface area contributed by atoms with Crippen molar-refractivity contribution in [1.29, 1.82) is 0 Å². The monoisotopic (exact) mass is 670 g/mol. The molecule has 1 saturated heterocycles. The Balaban J connectivity index is 1.60. The van der Waals surface area contributed by atoms with Crippen LogP contribution in [0.5, 0.6) is 17.2 Å². The number of barbiturate groups is 1. The molecular formula is C30H28Br2N2O6. The van der Waals surface area contributed by atoms with Crippen molar-refractivity contribution in [2.24, 2.45) is 0 Å². The van der Waals surface area contributed by atoms with E-state index in [-0.39, 0.29) is 5.57 Å². The average molecular weight is 672 g/mol. The minimum absolute atomic E-state index is 0.195. The second kappa shape index (κ2) is 13.6. The molecule has 8 nitrogen and oxygen atoms in total. The van der Waals surface area contributed by atoms with Gasteiger partial charge in [0, 0.05) is 10.0 Å². The van der Waals surface area contributed by atoms with Crippen molar-refractivity contribution in [1.82, 2.24) is 5.32 Å². The topological polar surface area (TPSA) is 94.2 Å². The first-order chi connectivity index (χ1) is 19.3. The van der Waals surface area contributed by atoms with Gasteiger partial charge >= 0.3 is 6.03 Å². The third kappa shape index (κ3) is 6.92. The van der Waals surface area contributed by atoms with Crippen molar-refractivity contribution in [3.63, 3.8) is 0 Å². The number of nitrogens with zero attached hydrogens (tertiary/aromatic N) is 1. The fraction of sp³-hybridized carbons (Fsp3) is 0.233. The standard InChI is InChI=1S/C30H28Br2N2O6/c1-3-5-14-39-22-12-10-21(11-13-22)34-29(36)23(28(35)33-30(34)37)15-19-16-25(32)27(26(17-19)38-4-2)40-18-20-8-6-7-9-24(20)31/h6-13,15-17H,3-5,14,18H2,1-2H3,(H,33,35,37)/b23-15-. The molecule has 0 atom stereocenters. The van der Waals surface area contributed by atoms with Gasteiger partial charge in [0.1, 0.15) is 17.9 Å². The van der Waals surface area contributed by atoms with E-state index >= 15 is 0 Å². The number of urea groups is 1. The van der Waals surface area contributed by atoms with Gasteiger partial charge in [0.15, 0.2) is 11.5 Å². The first kappa shape index (κ1) is 29.4. The predicted octanol–water partition coefficient (Wildman–Crippen LogP) is 7.03. The summed E-state index contributed by atoms with van der Waals surface area (Å²) >= 11 is 7.06. The summed E-state index contributed by atoms with van der Waals surface area (Å²) in [6, 6.07) is 16.9. The van der Waals surface area contributed by atoms with Crippen molar-refractivity contribution >= 4 is 61.5 Å². The number of unbranched alkanes of at least 4 members (excludes halogenated alkanes) is 1. The highest BCUT2D eigenvalue weighted by Gasteiger charge is 2.37. The molecular weight excluding hydrogens is 644 g/mol. The average Bonchev–Trinajstić information content (AvgIpc) is 2.92. The van der Waals surface area contributed by atoms with Crippen LogP contribution in [0.2, 0.25) is 0 Å². The van der Waals surface area contributed by atoms with E-state index in [1.165, 1.54) is 6.08 Å². The number of ether oxygens (including phenoxy) is 3. The Labute approximate surface area is 249 Å². The Morgan fingerprint density at radius 1 is 0.900 bits per heavy atom. The lowest BCUT2D eigenvalue weighted by Gasteiger charge is -2.26. The number of benzene rings is 3. The lowest BCUT2D eigenvalue weighted by atomic mass is 10.1. The van der Waals surface area contributed by atoms with Crippen molar-refractivity contribution in [2.75, 3.05) is 18.1 Å². The number of imide groups is 2. The van der Waals surface area contributed by atoms with E-state index in [1.54, 1.807) is 36.4 Å². The molecule has 0 aliphatic carbocycles. The number of carbonyl (C=O) groups excluding carboxylic acids is 3. The summed E-state index contributed by atoms with van der Waals surface area (Å²) < 4.78 is 19.0. The third-order valence-electron chi connectivity index (χ3n) is 5.94. The van der Waals surface area contributed by atoms with Gasteiger partial charge in [-0.2, -0.15) is 0 Å². The maximum Gasteiger partial charge on any atom is 0.335 e. The largest absolute Gasteiger partial charge is 0.494 e. The van der Waals surface area contributed by atoms with Gasteiger partial charge in [-0.1, -0.05) is 47.5 Å². The molecule has 0 radical (unpaired) electrons. The Morgan fingerprint density at radius 2 is 1.65 bits per heavy atom. The number of nitrogens with one attached hydrogen (secondary N) is 1. The molecule has 40 heavy (non-hydrogen) atoms. The van der Waals surface area contributed by atoms with Gasteiger partial charge in [0.2, 0.25) is 0 Å². The van der Waals surface area contributed by atoms with Gasteiger partial charge in [-0.05, 0) is 83.4 Å². The molecule has 4 amide bonds. The van der Waals surface area contributed by atoms with Crippen LogP contribution in [-0.4, -0.2) is 31.1 Å². The molecule has 4 rings (SSSR count). The van der Waals surface area contributed by atoms with Crippen molar-refractivity contribution < 1.29 is 28.6 Å². The predicted molar refractivity (Wildman–Crippen MR) is 160 cm³/mol.